The second-order valence-electron chi connectivity index (χ2n) is 15.2. The number of aromatic nitrogens is 5. The minimum Gasteiger partial charge on any atom is -0.313 e. The lowest BCUT2D eigenvalue weighted by Crippen LogP contribution is -1.98. The maximum Gasteiger partial charge on any atom is 0.160 e. The molecular formula is C55H37N5. The number of allylic oxidation sites excluding steroid dienone is 5. The summed E-state index contributed by atoms with van der Waals surface area (Å²) in [6.45, 7) is 6.48. The molecule has 6 aromatic carbocycles. The molecule has 11 rings (SSSR count). The Morgan fingerprint density at radius 2 is 1.22 bits per heavy atom. The van der Waals surface area contributed by atoms with Gasteiger partial charge in [0.2, 0.25) is 0 Å². The van der Waals surface area contributed by atoms with Crippen LogP contribution in [0.5, 0.6) is 0 Å². The number of hydrogen-bond donors (Lipinski definition) is 0. The Hall–Kier alpha value is -8.02. The van der Waals surface area contributed by atoms with Crippen molar-refractivity contribution >= 4 is 43.8 Å². The van der Waals surface area contributed by atoms with E-state index in [9.17, 15) is 0 Å². The van der Waals surface area contributed by atoms with Crippen LogP contribution in [0.4, 0.5) is 0 Å². The standard InChI is InChI=1S/C55H37N5/c1-3-36(19-18-35(2)60-51-17-5-4-14-44(51)47-29-28-46-45-15-6-10-40-11-7-16-48(52(40)45)53(46)54(47)60)49-32-50(39-24-20-37(21-25-39)42-12-8-30-56-33-42)59-55(58-49)41-26-22-38(23-27-41)43-13-9-31-57-34-43/h3-34H,1H2,2H3/b35-18+,36-19+. The molecule has 10 aromatic rings. The van der Waals surface area contributed by atoms with Gasteiger partial charge in [-0.1, -0.05) is 146 Å². The van der Waals surface area contributed by atoms with Crippen molar-refractivity contribution in [2.75, 3.05) is 0 Å². The van der Waals surface area contributed by atoms with E-state index >= 15 is 0 Å². The molecule has 0 unspecified atom stereocenters. The Labute approximate surface area is 348 Å². The highest BCUT2D eigenvalue weighted by Gasteiger charge is 2.26. The zero-order chi connectivity index (χ0) is 40.2. The molecule has 0 atom stereocenters. The third-order valence-corrected chi connectivity index (χ3v) is 11.7. The van der Waals surface area contributed by atoms with Gasteiger partial charge < -0.3 is 4.57 Å². The quantitative estimate of drug-likeness (QED) is 0.145. The van der Waals surface area contributed by atoms with Crippen molar-refractivity contribution < 1.29 is 0 Å². The first-order valence-corrected chi connectivity index (χ1v) is 20.1. The monoisotopic (exact) mass is 767 g/mol. The molecule has 0 bridgehead atoms. The molecule has 5 nitrogen and oxygen atoms in total. The molecule has 0 saturated carbocycles. The Kier molecular flexibility index (Phi) is 8.45. The van der Waals surface area contributed by atoms with Gasteiger partial charge in [-0.2, -0.15) is 0 Å². The summed E-state index contributed by atoms with van der Waals surface area (Å²) >= 11 is 0. The van der Waals surface area contributed by atoms with Crippen LogP contribution in [0.2, 0.25) is 0 Å². The number of pyridine rings is 2. The molecule has 0 saturated heterocycles. The zero-order valence-corrected chi connectivity index (χ0v) is 32.9. The summed E-state index contributed by atoms with van der Waals surface area (Å²) in [6.07, 6.45) is 13.6. The van der Waals surface area contributed by atoms with Gasteiger partial charge in [-0.25, -0.2) is 9.97 Å². The normalized spacial score (nSPS) is 12.3. The first-order chi connectivity index (χ1) is 29.6. The van der Waals surface area contributed by atoms with Crippen molar-refractivity contribution in [3.05, 3.63) is 207 Å². The lowest BCUT2D eigenvalue weighted by Gasteiger charge is -2.13. The molecule has 1 aliphatic carbocycles. The molecule has 4 aromatic heterocycles. The van der Waals surface area contributed by atoms with E-state index in [1.165, 1.54) is 54.8 Å². The second-order valence-corrected chi connectivity index (χ2v) is 15.2. The second kappa shape index (κ2) is 14.4. The average Bonchev–Trinajstić information content (AvgIpc) is 3.84. The SMILES string of the molecule is C=C/C(=C\C=C(/C)n1c2ccccc2c2ccc3c(c21)-c1cccc2cccc-3c12)c1cc(-c2ccc(-c3cccnc3)cc2)nc(-c2ccc(-c3cccnc3)cc2)n1. The van der Waals surface area contributed by atoms with Crippen molar-refractivity contribution in [1.29, 1.82) is 0 Å². The summed E-state index contributed by atoms with van der Waals surface area (Å²) in [7, 11) is 0. The molecule has 0 fully saturated rings. The summed E-state index contributed by atoms with van der Waals surface area (Å²) in [4.78, 5) is 19.0. The summed E-state index contributed by atoms with van der Waals surface area (Å²) in [5.74, 6) is 0.636. The number of nitrogens with zero attached hydrogens (tertiary/aromatic N) is 5. The number of fused-ring (bicyclic) bond motifs is 7. The molecule has 60 heavy (non-hydrogen) atoms. The molecule has 1 aliphatic rings. The summed E-state index contributed by atoms with van der Waals surface area (Å²) < 4.78 is 2.43. The van der Waals surface area contributed by atoms with Gasteiger partial charge in [0.05, 0.1) is 22.4 Å². The molecule has 4 heterocycles. The van der Waals surface area contributed by atoms with Crippen LogP contribution in [-0.2, 0) is 0 Å². The minimum absolute atomic E-state index is 0.636. The fourth-order valence-corrected chi connectivity index (χ4v) is 8.82. The molecule has 0 radical (unpaired) electrons. The predicted molar refractivity (Wildman–Crippen MR) is 249 cm³/mol. The van der Waals surface area contributed by atoms with Crippen LogP contribution in [0.25, 0.3) is 111 Å². The van der Waals surface area contributed by atoms with Gasteiger partial charge in [0.25, 0.3) is 0 Å². The van der Waals surface area contributed by atoms with E-state index in [1.807, 2.05) is 30.6 Å². The van der Waals surface area contributed by atoms with Crippen molar-refractivity contribution in [3.63, 3.8) is 0 Å². The Bertz CT molecular complexity index is 3250. The van der Waals surface area contributed by atoms with Crippen LogP contribution >= 0.6 is 0 Å². The van der Waals surface area contributed by atoms with E-state index in [2.05, 4.69) is 180 Å². The van der Waals surface area contributed by atoms with Crippen LogP contribution in [0.1, 0.15) is 12.6 Å². The fourth-order valence-electron chi connectivity index (χ4n) is 8.82. The molecule has 0 amide bonds. The summed E-state index contributed by atoms with van der Waals surface area (Å²) in [5.41, 5.74) is 17.3. The molecule has 0 N–H and O–H groups in total. The molecule has 282 valence electrons. The topological polar surface area (TPSA) is 56.5 Å². The van der Waals surface area contributed by atoms with E-state index < -0.39 is 0 Å². The fraction of sp³-hybridized carbons (Fsp3) is 0.0182. The predicted octanol–water partition coefficient (Wildman–Crippen LogP) is 14.0. The van der Waals surface area contributed by atoms with Crippen molar-refractivity contribution in [2.45, 2.75) is 6.92 Å². The van der Waals surface area contributed by atoms with E-state index in [4.69, 9.17) is 9.97 Å². The third kappa shape index (κ3) is 5.87. The van der Waals surface area contributed by atoms with Crippen LogP contribution in [0, 0.1) is 0 Å². The van der Waals surface area contributed by atoms with Gasteiger partial charge in [-0.15, -0.1) is 0 Å². The lowest BCUT2D eigenvalue weighted by molar-refractivity contribution is 1.16. The van der Waals surface area contributed by atoms with Crippen molar-refractivity contribution in [1.82, 2.24) is 24.5 Å². The van der Waals surface area contributed by atoms with Gasteiger partial charge in [-0.05, 0) is 92.6 Å². The zero-order valence-electron chi connectivity index (χ0n) is 32.9. The van der Waals surface area contributed by atoms with Gasteiger partial charge in [0.1, 0.15) is 0 Å². The van der Waals surface area contributed by atoms with Crippen LogP contribution in [0.15, 0.2) is 201 Å². The van der Waals surface area contributed by atoms with Gasteiger partial charge >= 0.3 is 0 Å². The van der Waals surface area contributed by atoms with E-state index in [-0.39, 0.29) is 0 Å². The Morgan fingerprint density at radius 1 is 0.550 bits per heavy atom. The molecule has 0 spiro atoms. The summed E-state index contributed by atoms with van der Waals surface area (Å²) in [6, 6.07) is 53.6. The highest BCUT2D eigenvalue weighted by molar-refractivity contribution is 6.25. The molecule has 5 heteroatoms. The maximum absolute atomic E-state index is 5.19. The first-order valence-electron chi connectivity index (χ1n) is 20.1. The van der Waals surface area contributed by atoms with Gasteiger partial charge in [0, 0.05) is 57.9 Å². The number of para-hydroxylation sites is 1. The first kappa shape index (κ1) is 35.2. The lowest BCUT2D eigenvalue weighted by atomic mass is 10.0. The smallest absolute Gasteiger partial charge is 0.160 e. The van der Waals surface area contributed by atoms with E-state index in [0.717, 1.165) is 56.0 Å². The van der Waals surface area contributed by atoms with Gasteiger partial charge in [-0.3, -0.25) is 9.97 Å². The Balaban J connectivity index is 1.05. The number of hydrogen-bond acceptors (Lipinski definition) is 4. The van der Waals surface area contributed by atoms with Crippen LogP contribution < -0.4 is 0 Å². The minimum atomic E-state index is 0.636. The van der Waals surface area contributed by atoms with Crippen molar-refractivity contribution in [2.24, 2.45) is 0 Å². The number of rotatable bonds is 8. The third-order valence-electron chi connectivity index (χ3n) is 11.7. The van der Waals surface area contributed by atoms with Crippen molar-refractivity contribution in [3.8, 4) is 67.2 Å². The highest BCUT2D eigenvalue weighted by atomic mass is 15.0. The molecular weight excluding hydrogens is 731 g/mol. The van der Waals surface area contributed by atoms with E-state index in [0.29, 0.717) is 5.82 Å². The van der Waals surface area contributed by atoms with Gasteiger partial charge in [0.15, 0.2) is 5.82 Å². The largest absolute Gasteiger partial charge is 0.313 e. The maximum atomic E-state index is 5.19. The van der Waals surface area contributed by atoms with Crippen LogP contribution in [0.3, 0.4) is 0 Å². The Morgan fingerprint density at radius 3 is 1.90 bits per heavy atom. The highest BCUT2D eigenvalue weighted by Crippen LogP contribution is 2.51. The number of benzene rings is 6. The molecule has 0 aliphatic heterocycles. The van der Waals surface area contributed by atoms with E-state index in [1.54, 1.807) is 12.4 Å². The van der Waals surface area contributed by atoms with Crippen LogP contribution in [-0.4, -0.2) is 24.5 Å². The average molecular weight is 768 g/mol. The summed E-state index contributed by atoms with van der Waals surface area (Å²) in [5, 5.41) is 5.06.